The lowest BCUT2D eigenvalue weighted by molar-refractivity contribution is 0.286. The zero-order valence-corrected chi connectivity index (χ0v) is 9.09. The van der Waals surface area contributed by atoms with Crippen LogP contribution in [0.2, 0.25) is 5.02 Å². The molecule has 0 aliphatic heterocycles. The fraction of sp³-hybridized carbons (Fsp3) is 0.364. The molecule has 0 unspecified atom stereocenters. The van der Waals surface area contributed by atoms with Gasteiger partial charge >= 0.3 is 0 Å². The molecule has 0 bridgehead atoms. The summed E-state index contributed by atoms with van der Waals surface area (Å²) in [5, 5.41) is 21.0. The standard InChI is InChI=1S/C11H13ClN2O/c12-11-6-9(7-13)2-3-10(11)8-14-4-1-5-15/h2-3,6,14-15H,1,4-5,8H2. The lowest BCUT2D eigenvalue weighted by Crippen LogP contribution is -2.15. The van der Waals surface area contributed by atoms with E-state index in [1.165, 1.54) is 0 Å². The zero-order valence-electron chi connectivity index (χ0n) is 8.33. The third-order valence-corrected chi connectivity index (χ3v) is 2.36. The van der Waals surface area contributed by atoms with Gasteiger partial charge in [0.25, 0.3) is 0 Å². The van der Waals surface area contributed by atoms with E-state index in [0.717, 1.165) is 18.5 Å². The topological polar surface area (TPSA) is 56.0 Å². The van der Waals surface area contributed by atoms with Gasteiger partial charge in [0, 0.05) is 18.2 Å². The van der Waals surface area contributed by atoms with Crippen molar-refractivity contribution in [2.45, 2.75) is 13.0 Å². The monoisotopic (exact) mass is 224 g/mol. The van der Waals surface area contributed by atoms with Gasteiger partial charge in [0.15, 0.2) is 0 Å². The van der Waals surface area contributed by atoms with E-state index in [9.17, 15) is 0 Å². The van der Waals surface area contributed by atoms with Gasteiger partial charge in [0.1, 0.15) is 0 Å². The molecule has 15 heavy (non-hydrogen) atoms. The Kier molecular flexibility index (Phi) is 5.13. The number of aliphatic hydroxyl groups is 1. The van der Waals surface area contributed by atoms with E-state index in [1.54, 1.807) is 12.1 Å². The van der Waals surface area contributed by atoms with Crippen molar-refractivity contribution in [1.29, 1.82) is 5.26 Å². The summed E-state index contributed by atoms with van der Waals surface area (Å²) in [4.78, 5) is 0. The maximum Gasteiger partial charge on any atom is 0.0992 e. The molecule has 3 nitrogen and oxygen atoms in total. The summed E-state index contributed by atoms with van der Waals surface area (Å²) in [5.74, 6) is 0. The molecule has 0 heterocycles. The van der Waals surface area contributed by atoms with Gasteiger partial charge in [-0.3, -0.25) is 0 Å². The van der Waals surface area contributed by atoms with Crippen LogP contribution in [-0.2, 0) is 6.54 Å². The molecule has 0 spiro atoms. The fourth-order valence-electron chi connectivity index (χ4n) is 1.19. The minimum Gasteiger partial charge on any atom is -0.396 e. The molecule has 0 atom stereocenters. The molecule has 0 radical (unpaired) electrons. The number of hydrogen-bond donors (Lipinski definition) is 2. The van der Waals surface area contributed by atoms with Crippen LogP contribution in [0.25, 0.3) is 0 Å². The average molecular weight is 225 g/mol. The van der Waals surface area contributed by atoms with Crippen LogP contribution in [0.5, 0.6) is 0 Å². The Hall–Kier alpha value is -1.08. The maximum atomic E-state index is 8.65. The van der Waals surface area contributed by atoms with Crippen molar-refractivity contribution >= 4 is 11.6 Å². The van der Waals surface area contributed by atoms with E-state index < -0.39 is 0 Å². The molecule has 0 aliphatic carbocycles. The molecule has 1 aromatic carbocycles. The van der Waals surface area contributed by atoms with Crippen molar-refractivity contribution in [1.82, 2.24) is 5.32 Å². The number of nitriles is 1. The predicted octanol–water partition coefficient (Wildman–Crippen LogP) is 1.68. The van der Waals surface area contributed by atoms with Crippen molar-refractivity contribution in [2.24, 2.45) is 0 Å². The summed E-state index contributed by atoms with van der Waals surface area (Å²) in [7, 11) is 0. The van der Waals surface area contributed by atoms with E-state index in [1.807, 2.05) is 12.1 Å². The minimum atomic E-state index is 0.189. The zero-order chi connectivity index (χ0) is 11.1. The minimum absolute atomic E-state index is 0.189. The smallest absolute Gasteiger partial charge is 0.0992 e. The van der Waals surface area contributed by atoms with Crippen LogP contribution in [0.1, 0.15) is 17.5 Å². The molecule has 0 saturated carbocycles. The number of benzene rings is 1. The van der Waals surface area contributed by atoms with Crippen LogP contribution in [0.4, 0.5) is 0 Å². The lowest BCUT2D eigenvalue weighted by atomic mass is 10.1. The second-order valence-electron chi connectivity index (χ2n) is 3.17. The summed E-state index contributed by atoms with van der Waals surface area (Å²) in [5.41, 5.74) is 1.53. The van der Waals surface area contributed by atoms with Gasteiger partial charge in [0.05, 0.1) is 11.6 Å². The summed E-state index contributed by atoms with van der Waals surface area (Å²) < 4.78 is 0. The van der Waals surface area contributed by atoms with E-state index in [4.69, 9.17) is 22.0 Å². The van der Waals surface area contributed by atoms with E-state index in [0.29, 0.717) is 17.1 Å². The summed E-state index contributed by atoms with van der Waals surface area (Å²) in [6, 6.07) is 7.28. The molecule has 0 aromatic heterocycles. The van der Waals surface area contributed by atoms with Gasteiger partial charge in [-0.25, -0.2) is 0 Å². The summed E-state index contributed by atoms with van der Waals surface area (Å²) in [6.45, 7) is 1.60. The molecule has 1 rings (SSSR count). The third-order valence-electron chi connectivity index (χ3n) is 2.01. The largest absolute Gasteiger partial charge is 0.396 e. The van der Waals surface area contributed by atoms with E-state index >= 15 is 0 Å². The first-order valence-corrected chi connectivity index (χ1v) is 5.16. The molecule has 4 heteroatoms. The van der Waals surface area contributed by atoms with Gasteiger partial charge < -0.3 is 10.4 Å². The molecule has 1 aromatic rings. The molecule has 80 valence electrons. The first kappa shape index (κ1) is 12.0. The number of halogens is 1. The number of rotatable bonds is 5. The quantitative estimate of drug-likeness (QED) is 0.749. The highest BCUT2D eigenvalue weighted by Crippen LogP contribution is 2.17. The molecular formula is C11H13ClN2O. The molecule has 2 N–H and O–H groups in total. The summed E-state index contributed by atoms with van der Waals surface area (Å²) in [6.07, 6.45) is 0.730. The van der Waals surface area contributed by atoms with Gasteiger partial charge in [-0.1, -0.05) is 17.7 Å². The Morgan fingerprint density at radius 1 is 1.47 bits per heavy atom. The van der Waals surface area contributed by atoms with Crippen molar-refractivity contribution in [3.05, 3.63) is 34.3 Å². The molecule has 0 aliphatic rings. The average Bonchev–Trinajstić information content (AvgIpc) is 2.26. The van der Waals surface area contributed by atoms with Gasteiger partial charge in [0.2, 0.25) is 0 Å². The Morgan fingerprint density at radius 2 is 2.27 bits per heavy atom. The summed E-state index contributed by atoms with van der Waals surface area (Å²) >= 11 is 5.98. The SMILES string of the molecule is N#Cc1ccc(CNCCCO)c(Cl)c1. The maximum absolute atomic E-state index is 8.65. The number of hydrogen-bond acceptors (Lipinski definition) is 3. The first-order valence-electron chi connectivity index (χ1n) is 4.78. The molecule has 0 saturated heterocycles. The van der Waals surface area contributed by atoms with Crippen molar-refractivity contribution in [3.63, 3.8) is 0 Å². The van der Waals surface area contributed by atoms with Crippen LogP contribution < -0.4 is 5.32 Å². The normalized spacial score (nSPS) is 9.93. The second-order valence-corrected chi connectivity index (χ2v) is 3.58. The van der Waals surface area contributed by atoms with Gasteiger partial charge in [-0.2, -0.15) is 5.26 Å². The highest BCUT2D eigenvalue weighted by molar-refractivity contribution is 6.31. The van der Waals surface area contributed by atoms with Crippen LogP contribution >= 0.6 is 11.6 Å². The first-order chi connectivity index (χ1) is 7.27. The Labute approximate surface area is 94.3 Å². The molecule has 0 fully saturated rings. The Morgan fingerprint density at radius 3 is 2.87 bits per heavy atom. The number of aliphatic hydroxyl groups excluding tert-OH is 1. The number of nitrogens with one attached hydrogen (secondary N) is 1. The lowest BCUT2D eigenvalue weighted by Gasteiger charge is -2.05. The predicted molar refractivity (Wildman–Crippen MR) is 59.6 cm³/mol. The third kappa shape index (κ3) is 3.88. The van der Waals surface area contributed by atoms with Crippen molar-refractivity contribution in [2.75, 3.05) is 13.2 Å². The molecular weight excluding hydrogens is 212 g/mol. The fourth-order valence-corrected chi connectivity index (χ4v) is 1.43. The van der Waals surface area contributed by atoms with E-state index in [2.05, 4.69) is 5.32 Å². The van der Waals surface area contributed by atoms with Crippen LogP contribution in [0.15, 0.2) is 18.2 Å². The van der Waals surface area contributed by atoms with Crippen molar-refractivity contribution in [3.8, 4) is 6.07 Å². The van der Waals surface area contributed by atoms with Gasteiger partial charge in [-0.15, -0.1) is 0 Å². The second kappa shape index (κ2) is 6.41. The highest BCUT2D eigenvalue weighted by Gasteiger charge is 2.00. The Bertz CT molecular complexity index is 360. The van der Waals surface area contributed by atoms with Crippen molar-refractivity contribution < 1.29 is 5.11 Å². The van der Waals surface area contributed by atoms with Gasteiger partial charge in [-0.05, 0) is 30.7 Å². The molecule has 0 amide bonds. The van der Waals surface area contributed by atoms with E-state index in [-0.39, 0.29) is 6.61 Å². The Balaban J connectivity index is 2.52. The van der Waals surface area contributed by atoms with Crippen LogP contribution in [0.3, 0.4) is 0 Å². The highest BCUT2D eigenvalue weighted by atomic mass is 35.5. The number of nitrogens with zero attached hydrogens (tertiary/aromatic N) is 1. The van der Waals surface area contributed by atoms with Crippen LogP contribution in [-0.4, -0.2) is 18.3 Å². The van der Waals surface area contributed by atoms with Crippen LogP contribution in [0, 0.1) is 11.3 Å².